The van der Waals surface area contributed by atoms with Crippen LogP contribution in [0, 0.1) is 0 Å². The Bertz CT molecular complexity index is 125. The van der Waals surface area contributed by atoms with Crippen LogP contribution in [-0.2, 0) is 14.3 Å². The van der Waals surface area contributed by atoms with E-state index in [1.807, 2.05) is 0 Å². The third-order valence-electron chi connectivity index (χ3n) is 1.09. The standard InChI is InChI=1S/C7H15NO3/c1-5(4-10-3)11-7(9)6(2)8/h5-6H,4,8H2,1-3H3. The largest absolute Gasteiger partial charge is 0.459 e. The van der Waals surface area contributed by atoms with E-state index in [1.165, 1.54) is 0 Å². The van der Waals surface area contributed by atoms with Crippen molar-refractivity contribution in [3.05, 3.63) is 0 Å². The topological polar surface area (TPSA) is 61.5 Å². The predicted octanol–water partition coefficient (Wildman–Crippen LogP) is -0.0883. The summed E-state index contributed by atoms with van der Waals surface area (Å²) in [7, 11) is 1.55. The minimum Gasteiger partial charge on any atom is -0.459 e. The molecule has 2 unspecified atom stereocenters. The van der Waals surface area contributed by atoms with Gasteiger partial charge in [0.2, 0.25) is 0 Å². The molecule has 0 aliphatic carbocycles. The first kappa shape index (κ1) is 10.4. The van der Waals surface area contributed by atoms with Crippen LogP contribution < -0.4 is 5.73 Å². The number of esters is 1. The lowest BCUT2D eigenvalue weighted by Crippen LogP contribution is -2.32. The molecule has 4 nitrogen and oxygen atoms in total. The van der Waals surface area contributed by atoms with Crippen LogP contribution in [0.2, 0.25) is 0 Å². The van der Waals surface area contributed by atoms with E-state index < -0.39 is 12.0 Å². The van der Waals surface area contributed by atoms with Crippen LogP contribution in [0.1, 0.15) is 13.8 Å². The molecule has 0 heterocycles. The number of ether oxygens (including phenoxy) is 2. The van der Waals surface area contributed by atoms with Crippen LogP contribution >= 0.6 is 0 Å². The highest BCUT2D eigenvalue weighted by Gasteiger charge is 2.12. The lowest BCUT2D eigenvalue weighted by atomic mass is 10.3. The molecule has 0 amide bonds. The van der Waals surface area contributed by atoms with Gasteiger partial charge < -0.3 is 15.2 Å². The molecule has 2 atom stereocenters. The fourth-order valence-corrected chi connectivity index (χ4v) is 0.574. The van der Waals surface area contributed by atoms with Crippen LogP contribution in [-0.4, -0.2) is 31.8 Å². The summed E-state index contributed by atoms with van der Waals surface area (Å²) in [5.74, 6) is -0.394. The van der Waals surface area contributed by atoms with Crippen molar-refractivity contribution in [2.24, 2.45) is 5.73 Å². The molecular weight excluding hydrogens is 146 g/mol. The third kappa shape index (κ3) is 4.75. The highest BCUT2D eigenvalue weighted by atomic mass is 16.6. The van der Waals surface area contributed by atoms with E-state index in [4.69, 9.17) is 15.2 Å². The summed E-state index contributed by atoms with van der Waals surface area (Å²) in [5.41, 5.74) is 5.27. The quantitative estimate of drug-likeness (QED) is 0.585. The molecule has 0 saturated heterocycles. The van der Waals surface area contributed by atoms with Gasteiger partial charge in [0.15, 0.2) is 0 Å². The molecule has 0 aromatic heterocycles. The fourth-order valence-electron chi connectivity index (χ4n) is 0.574. The van der Waals surface area contributed by atoms with Gasteiger partial charge in [-0.3, -0.25) is 4.79 Å². The van der Waals surface area contributed by atoms with Crippen LogP contribution in [0.3, 0.4) is 0 Å². The second kappa shape index (κ2) is 5.09. The van der Waals surface area contributed by atoms with Gasteiger partial charge >= 0.3 is 5.97 Å². The monoisotopic (exact) mass is 161 g/mol. The maximum Gasteiger partial charge on any atom is 0.322 e. The zero-order chi connectivity index (χ0) is 8.85. The second-order valence-electron chi connectivity index (χ2n) is 2.49. The summed E-state index contributed by atoms with van der Waals surface area (Å²) in [6.45, 7) is 3.74. The molecule has 0 aliphatic heterocycles. The molecule has 11 heavy (non-hydrogen) atoms. The Labute approximate surface area is 66.7 Å². The lowest BCUT2D eigenvalue weighted by Gasteiger charge is -2.13. The van der Waals surface area contributed by atoms with Gasteiger partial charge in [-0.05, 0) is 13.8 Å². The van der Waals surface area contributed by atoms with Crippen molar-refractivity contribution in [1.82, 2.24) is 0 Å². The van der Waals surface area contributed by atoms with Crippen LogP contribution in [0.25, 0.3) is 0 Å². The molecule has 0 rings (SSSR count). The molecule has 0 fully saturated rings. The van der Waals surface area contributed by atoms with Crippen molar-refractivity contribution in [2.75, 3.05) is 13.7 Å². The van der Waals surface area contributed by atoms with Gasteiger partial charge in [-0.15, -0.1) is 0 Å². The molecule has 0 saturated carbocycles. The Hall–Kier alpha value is -0.610. The molecular formula is C7H15NO3. The van der Waals surface area contributed by atoms with Crippen molar-refractivity contribution in [3.8, 4) is 0 Å². The van der Waals surface area contributed by atoms with Crippen molar-refractivity contribution >= 4 is 5.97 Å². The second-order valence-corrected chi connectivity index (χ2v) is 2.49. The van der Waals surface area contributed by atoms with E-state index in [-0.39, 0.29) is 6.10 Å². The van der Waals surface area contributed by atoms with Crippen LogP contribution in [0.4, 0.5) is 0 Å². The van der Waals surface area contributed by atoms with E-state index in [2.05, 4.69) is 0 Å². The van der Waals surface area contributed by atoms with E-state index in [1.54, 1.807) is 21.0 Å². The first-order valence-corrected chi connectivity index (χ1v) is 3.53. The minimum absolute atomic E-state index is 0.224. The summed E-state index contributed by atoms with van der Waals surface area (Å²) in [5, 5.41) is 0. The first-order chi connectivity index (χ1) is 5.07. The number of hydrogen-bond acceptors (Lipinski definition) is 4. The van der Waals surface area contributed by atoms with E-state index in [9.17, 15) is 4.79 Å². The molecule has 2 N–H and O–H groups in total. The molecule has 0 spiro atoms. The predicted molar refractivity (Wildman–Crippen MR) is 41.1 cm³/mol. The van der Waals surface area contributed by atoms with E-state index in [0.717, 1.165) is 0 Å². The Kier molecular flexibility index (Phi) is 4.81. The number of carbonyl (C=O) groups excluding carboxylic acids is 1. The zero-order valence-corrected chi connectivity index (χ0v) is 7.16. The third-order valence-corrected chi connectivity index (χ3v) is 1.09. The molecule has 0 bridgehead atoms. The Balaban J connectivity index is 3.57. The molecule has 0 aliphatic rings. The Morgan fingerprint density at radius 2 is 2.09 bits per heavy atom. The maximum absolute atomic E-state index is 10.8. The molecule has 4 heteroatoms. The molecule has 0 radical (unpaired) electrons. The lowest BCUT2D eigenvalue weighted by molar-refractivity contribution is -0.151. The summed E-state index contributed by atoms with van der Waals surface area (Å²) >= 11 is 0. The average Bonchev–Trinajstić information content (AvgIpc) is 1.87. The number of rotatable bonds is 4. The average molecular weight is 161 g/mol. The van der Waals surface area contributed by atoms with Gasteiger partial charge in [0.1, 0.15) is 12.1 Å². The van der Waals surface area contributed by atoms with Crippen molar-refractivity contribution in [1.29, 1.82) is 0 Å². The Morgan fingerprint density at radius 1 is 1.55 bits per heavy atom. The Morgan fingerprint density at radius 3 is 2.45 bits per heavy atom. The maximum atomic E-state index is 10.8. The SMILES string of the molecule is COCC(C)OC(=O)C(C)N. The fraction of sp³-hybridized carbons (Fsp3) is 0.857. The molecule has 0 aromatic carbocycles. The zero-order valence-electron chi connectivity index (χ0n) is 7.16. The van der Waals surface area contributed by atoms with Crippen LogP contribution in [0.5, 0.6) is 0 Å². The smallest absolute Gasteiger partial charge is 0.322 e. The number of carbonyl (C=O) groups is 1. The number of methoxy groups -OCH3 is 1. The number of hydrogen-bond donors (Lipinski definition) is 1. The van der Waals surface area contributed by atoms with Gasteiger partial charge in [0.05, 0.1) is 6.61 Å². The van der Waals surface area contributed by atoms with Gasteiger partial charge in [-0.2, -0.15) is 0 Å². The van der Waals surface area contributed by atoms with Crippen molar-refractivity contribution in [2.45, 2.75) is 26.0 Å². The van der Waals surface area contributed by atoms with Crippen molar-refractivity contribution in [3.63, 3.8) is 0 Å². The molecule has 0 aromatic rings. The van der Waals surface area contributed by atoms with Crippen LogP contribution in [0.15, 0.2) is 0 Å². The van der Waals surface area contributed by atoms with Gasteiger partial charge in [0, 0.05) is 7.11 Å². The van der Waals surface area contributed by atoms with Crippen molar-refractivity contribution < 1.29 is 14.3 Å². The highest BCUT2D eigenvalue weighted by molar-refractivity contribution is 5.75. The van der Waals surface area contributed by atoms with Gasteiger partial charge in [-0.1, -0.05) is 0 Å². The van der Waals surface area contributed by atoms with Gasteiger partial charge in [-0.25, -0.2) is 0 Å². The van der Waals surface area contributed by atoms with E-state index in [0.29, 0.717) is 6.61 Å². The van der Waals surface area contributed by atoms with Gasteiger partial charge in [0.25, 0.3) is 0 Å². The minimum atomic E-state index is -0.561. The summed E-state index contributed by atoms with van der Waals surface area (Å²) in [6, 6.07) is -0.561. The van der Waals surface area contributed by atoms with E-state index >= 15 is 0 Å². The first-order valence-electron chi connectivity index (χ1n) is 3.53. The summed E-state index contributed by atoms with van der Waals surface area (Å²) < 4.78 is 9.63. The highest BCUT2D eigenvalue weighted by Crippen LogP contribution is 1.93. The number of nitrogens with two attached hydrogens (primary N) is 1. The summed E-state index contributed by atoms with van der Waals surface area (Å²) in [4.78, 5) is 10.8. The summed E-state index contributed by atoms with van der Waals surface area (Å²) in [6.07, 6.45) is -0.224. The molecule has 66 valence electrons. The normalized spacial score (nSPS) is 15.6.